The van der Waals surface area contributed by atoms with Crippen molar-refractivity contribution in [3.05, 3.63) is 97.2 Å². The molecule has 0 saturated heterocycles. The number of phosphoric acid groups is 1. The number of likely N-dealkylation sites (N-methyl/N-ethyl adjacent to an activating group) is 1. The fourth-order valence-electron chi connectivity index (χ4n) is 5.64. The molecule has 0 aromatic carbocycles. The van der Waals surface area contributed by atoms with E-state index < -0.39 is 13.9 Å². The number of quaternary nitrogens is 1. The first-order valence-electron chi connectivity index (χ1n) is 23.0. The highest BCUT2D eigenvalue weighted by atomic mass is 31.2. The molecular weight excluding hydrogens is 758 g/mol. The van der Waals surface area contributed by atoms with E-state index in [0.717, 1.165) is 116 Å². The minimum atomic E-state index is -4.54. The number of nitrogens with zero attached hydrogens (tertiary/aromatic N) is 1. The SMILES string of the molecule is CC/C=C\C/C=C\C/C=C\C/C=C\C/C=C\CCCCCCOCC(COP(=O)([O-])OCC[N+](C)(C)C)OC(=O)CCCCCCCCC/C=C\C/C=C\C/C=C\CC. The van der Waals surface area contributed by atoms with Crippen molar-refractivity contribution in [1.82, 2.24) is 0 Å². The molecule has 0 radical (unpaired) electrons. The van der Waals surface area contributed by atoms with Gasteiger partial charge < -0.3 is 27.9 Å². The monoisotopic (exact) mass is 844 g/mol. The Morgan fingerprint density at radius 1 is 0.525 bits per heavy atom. The highest BCUT2D eigenvalue weighted by Crippen LogP contribution is 2.38. The first-order chi connectivity index (χ1) is 28.6. The van der Waals surface area contributed by atoms with Gasteiger partial charge >= 0.3 is 5.97 Å². The van der Waals surface area contributed by atoms with E-state index in [4.69, 9.17) is 18.5 Å². The van der Waals surface area contributed by atoms with E-state index in [0.29, 0.717) is 17.6 Å². The van der Waals surface area contributed by atoms with Gasteiger partial charge in [-0.25, -0.2) is 0 Å². The molecule has 9 heteroatoms. The fourth-order valence-corrected chi connectivity index (χ4v) is 6.37. The van der Waals surface area contributed by atoms with Gasteiger partial charge in [0.1, 0.15) is 19.3 Å². The zero-order chi connectivity index (χ0) is 43.4. The lowest BCUT2D eigenvalue weighted by Gasteiger charge is -2.28. The van der Waals surface area contributed by atoms with Crippen LogP contribution in [-0.4, -0.2) is 70.7 Å². The maximum atomic E-state index is 12.7. The Hall–Kier alpha value is -2.58. The predicted octanol–water partition coefficient (Wildman–Crippen LogP) is 13.2. The first-order valence-corrected chi connectivity index (χ1v) is 24.4. The van der Waals surface area contributed by atoms with Gasteiger partial charge in [0, 0.05) is 13.0 Å². The maximum Gasteiger partial charge on any atom is 0.306 e. The van der Waals surface area contributed by atoms with Crippen molar-refractivity contribution >= 4 is 13.8 Å². The van der Waals surface area contributed by atoms with Crippen LogP contribution in [0.5, 0.6) is 0 Å². The highest BCUT2D eigenvalue weighted by Gasteiger charge is 2.20. The van der Waals surface area contributed by atoms with Crippen molar-refractivity contribution in [2.24, 2.45) is 0 Å². The zero-order valence-corrected chi connectivity index (χ0v) is 39.1. The third-order valence-electron chi connectivity index (χ3n) is 9.13. The van der Waals surface area contributed by atoms with Crippen LogP contribution in [0.2, 0.25) is 0 Å². The van der Waals surface area contributed by atoms with Gasteiger partial charge in [0.05, 0.1) is 34.4 Å². The van der Waals surface area contributed by atoms with Crippen LogP contribution in [0, 0.1) is 0 Å². The van der Waals surface area contributed by atoms with Crippen LogP contribution in [0.1, 0.15) is 155 Å². The Balaban J connectivity index is 4.31. The van der Waals surface area contributed by atoms with Gasteiger partial charge in [0.2, 0.25) is 0 Å². The third kappa shape index (κ3) is 46.3. The van der Waals surface area contributed by atoms with Gasteiger partial charge in [-0.05, 0) is 89.9 Å². The molecular formula is C50H86NO7P. The molecule has 0 amide bonds. The summed E-state index contributed by atoms with van der Waals surface area (Å²) in [6.07, 6.45) is 57.1. The number of hydrogen-bond donors (Lipinski definition) is 0. The molecule has 0 saturated carbocycles. The first kappa shape index (κ1) is 56.4. The topological polar surface area (TPSA) is 94.1 Å². The highest BCUT2D eigenvalue weighted by molar-refractivity contribution is 7.45. The molecule has 2 unspecified atom stereocenters. The quantitative estimate of drug-likeness (QED) is 0.0199. The molecule has 0 aromatic rings. The van der Waals surface area contributed by atoms with Gasteiger partial charge in [-0.1, -0.05) is 156 Å². The van der Waals surface area contributed by atoms with Crippen LogP contribution in [0.3, 0.4) is 0 Å². The number of rotatable bonds is 41. The molecule has 0 rings (SSSR count). The minimum absolute atomic E-state index is 0.0127. The van der Waals surface area contributed by atoms with Gasteiger partial charge in [-0.15, -0.1) is 0 Å². The molecule has 0 aliphatic carbocycles. The summed E-state index contributed by atoms with van der Waals surface area (Å²) in [7, 11) is 1.31. The smallest absolute Gasteiger partial charge is 0.306 e. The lowest BCUT2D eigenvalue weighted by atomic mass is 10.1. The van der Waals surface area contributed by atoms with Crippen molar-refractivity contribution in [1.29, 1.82) is 0 Å². The summed E-state index contributed by atoms with van der Waals surface area (Å²) in [5.74, 6) is -0.358. The number of unbranched alkanes of at least 4 members (excludes halogenated alkanes) is 11. The molecule has 0 N–H and O–H groups in total. The summed E-state index contributed by atoms with van der Waals surface area (Å²) < 4.78 is 34.6. The van der Waals surface area contributed by atoms with Crippen molar-refractivity contribution in [2.45, 2.75) is 161 Å². The molecule has 0 bridgehead atoms. The average molecular weight is 844 g/mol. The molecule has 0 aliphatic rings. The summed E-state index contributed by atoms with van der Waals surface area (Å²) in [6.45, 7) is 5.08. The molecule has 2 atom stereocenters. The van der Waals surface area contributed by atoms with Crippen LogP contribution in [-0.2, 0) is 27.9 Å². The lowest BCUT2D eigenvalue weighted by molar-refractivity contribution is -0.870. The molecule has 0 spiro atoms. The Labute approximate surface area is 362 Å². The zero-order valence-electron chi connectivity index (χ0n) is 38.2. The number of allylic oxidation sites excluding steroid dienone is 16. The number of hydrogen-bond acceptors (Lipinski definition) is 7. The van der Waals surface area contributed by atoms with Crippen molar-refractivity contribution in [2.75, 3.05) is 54.1 Å². The van der Waals surface area contributed by atoms with E-state index in [2.05, 4.69) is 111 Å². The summed E-state index contributed by atoms with van der Waals surface area (Å²) in [4.78, 5) is 25.1. The van der Waals surface area contributed by atoms with Crippen LogP contribution in [0.25, 0.3) is 0 Å². The minimum Gasteiger partial charge on any atom is -0.756 e. The van der Waals surface area contributed by atoms with Gasteiger partial charge in [-0.3, -0.25) is 9.36 Å². The average Bonchev–Trinajstić information content (AvgIpc) is 3.19. The number of ether oxygens (including phenoxy) is 2. The van der Waals surface area contributed by atoms with E-state index >= 15 is 0 Å². The molecule has 0 aromatic heterocycles. The molecule has 0 fully saturated rings. The van der Waals surface area contributed by atoms with E-state index in [1.54, 1.807) is 0 Å². The summed E-state index contributed by atoms with van der Waals surface area (Å²) in [5, 5.41) is 0. The van der Waals surface area contributed by atoms with E-state index in [1.807, 2.05) is 21.1 Å². The second-order valence-electron chi connectivity index (χ2n) is 16.0. The van der Waals surface area contributed by atoms with Crippen LogP contribution in [0.4, 0.5) is 0 Å². The number of carbonyl (C=O) groups excluding carboxylic acids is 1. The van der Waals surface area contributed by atoms with E-state index in [-0.39, 0.29) is 32.2 Å². The molecule has 59 heavy (non-hydrogen) atoms. The van der Waals surface area contributed by atoms with Crippen LogP contribution < -0.4 is 4.89 Å². The maximum absolute atomic E-state index is 12.7. The van der Waals surface area contributed by atoms with Gasteiger partial charge in [-0.2, -0.15) is 0 Å². The number of carbonyl (C=O) groups is 1. The molecule has 338 valence electrons. The second kappa shape index (κ2) is 42.1. The molecule has 8 nitrogen and oxygen atoms in total. The summed E-state index contributed by atoms with van der Waals surface area (Å²) >= 11 is 0. The summed E-state index contributed by atoms with van der Waals surface area (Å²) in [6, 6.07) is 0. The normalized spacial score (nSPS) is 14.6. The van der Waals surface area contributed by atoms with Gasteiger partial charge in [0.15, 0.2) is 0 Å². The van der Waals surface area contributed by atoms with Crippen LogP contribution in [0.15, 0.2) is 97.2 Å². The largest absolute Gasteiger partial charge is 0.756 e. The van der Waals surface area contributed by atoms with Crippen molar-refractivity contribution in [3.63, 3.8) is 0 Å². The molecule has 0 heterocycles. The standard InChI is InChI=1S/C50H86NO7P/c1-6-8-10-12-14-16-18-20-22-24-25-26-28-30-32-34-36-38-40-42-45-55-47-49(48-57-59(53,54)56-46-44-51(3,4)5)58-50(52)43-41-39-37-35-33-31-29-27-23-21-19-17-15-13-11-9-7-2/h8-11,14-17,20-23,25-26,30,32,49H,6-7,12-13,18-19,24,27-29,31,33-48H2,1-5H3/b10-8-,11-9-,16-14-,17-15-,22-20-,23-21-,26-25-,32-30-. The Kier molecular flexibility index (Phi) is 40.3. The predicted molar refractivity (Wildman–Crippen MR) is 249 cm³/mol. The Morgan fingerprint density at radius 2 is 0.932 bits per heavy atom. The Bertz CT molecular complexity index is 1260. The lowest BCUT2D eigenvalue weighted by Crippen LogP contribution is -2.37. The second-order valence-corrected chi connectivity index (χ2v) is 17.4. The fraction of sp³-hybridized carbons (Fsp3) is 0.660. The van der Waals surface area contributed by atoms with Crippen LogP contribution >= 0.6 is 7.82 Å². The summed E-state index contributed by atoms with van der Waals surface area (Å²) in [5.41, 5.74) is 0. The van der Waals surface area contributed by atoms with Gasteiger partial charge in [0.25, 0.3) is 7.82 Å². The Morgan fingerprint density at radius 3 is 1.39 bits per heavy atom. The number of esters is 1. The molecule has 0 aliphatic heterocycles. The third-order valence-corrected chi connectivity index (χ3v) is 10.1. The number of phosphoric ester groups is 1. The van der Waals surface area contributed by atoms with Crippen molar-refractivity contribution in [3.8, 4) is 0 Å². The van der Waals surface area contributed by atoms with E-state index in [1.165, 1.54) is 19.3 Å². The van der Waals surface area contributed by atoms with Crippen molar-refractivity contribution < 1.29 is 37.3 Å². The van der Waals surface area contributed by atoms with E-state index in [9.17, 15) is 14.3 Å².